The molecule has 4 rings (SSSR count). The number of rotatable bonds is 3. The van der Waals surface area contributed by atoms with Crippen LogP contribution in [0, 0.1) is 5.41 Å². The summed E-state index contributed by atoms with van der Waals surface area (Å²) in [6.07, 6.45) is 2.87. The second-order valence-corrected chi connectivity index (χ2v) is 7.54. The van der Waals surface area contributed by atoms with Gasteiger partial charge in [0.1, 0.15) is 0 Å². The number of aromatic nitrogens is 1. The number of benzene rings is 1. The summed E-state index contributed by atoms with van der Waals surface area (Å²) in [5, 5.41) is 10.2. The van der Waals surface area contributed by atoms with Crippen LogP contribution < -0.4 is 4.90 Å². The van der Waals surface area contributed by atoms with Crippen LogP contribution in [0.5, 0.6) is 0 Å². The van der Waals surface area contributed by atoms with E-state index in [-0.39, 0.29) is 17.9 Å². The molecule has 1 atom stereocenters. The van der Waals surface area contributed by atoms with E-state index in [1.54, 1.807) is 11.3 Å². The van der Waals surface area contributed by atoms with Crippen molar-refractivity contribution >= 4 is 32.6 Å². The van der Waals surface area contributed by atoms with Crippen molar-refractivity contribution in [1.82, 2.24) is 9.88 Å². The van der Waals surface area contributed by atoms with E-state index < -0.39 is 0 Å². The van der Waals surface area contributed by atoms with E-state index in [4.69, 9.17) is 10.1 Å². The molecule has 2 aromatic rings. The van der Waals surface area contributed by atoms with Gasteiger partial charge in [0.15, 0.2) is 5.13 Å². The van der Waals surface area contributed by atoms with Gasteiger partial charge in [-0.05, 0) is 31.4 Å². The third-order valence-corrected chi connectivity index (χ3v) is 6.20. The largest absolute Gasteiger partial charge is 0.395 e. The number of piperidine rings is 1. The van der Waals surface area contributed by atoms with Crippen molar-refractivity contribution in [3.8, 4) is 0 Å². The molecule has 1 spiro atoms. The van der Waals surface area contributed by atoms with Crippen LogP contribution in [0.3, 0.4) is 0 Å². The van der Waals surface area contributed by atoms with Crippen LogP contribution in [0.15, 0.2) is 24.3 Å². The van der Waals surface area contributed by atoms with Crippen molar-refractivity contribution < 1.29 is 9.90 Å². The van der Waals surface area contributed by atoms with Crippen LogP contribution in [0.2, 0.25) is 0 Å². The van der Waals surface area contributed by atoms with Crippen LogP contribution in [0.4, 0.5) is 5.13 Å². The van der Waals surface area contributed by atoms with Crippen LogP contribution in [0.25, 0.3) is 10.2 Å². The molecule has 0 radical (unpaired) electrons. The highest BCUT2D eigenvalue weighted by molar-refractivity contribution is 7.22. The van der Waals surface area contributed by atoms with E-state index in [1.165, 1.54) is 4.70 Å². The van der Waals surface area contributed by atoms with Crippen LogP contribution in [-0.2, 0) is 4.79 Å². The first kappa shape index (κ1) is 14.9. The van der Waals surface area contributed by atoms with E-state index in [2.05, 4.69) is 11.0 Å². The van der Waals surface area contributed by atoms with Crippen molar-refractivity contribution in [2.24, 2.45) is 5.41 Å². The fraction of sp³-hybridized carbons (Fsp3) is 0.529. The molecule has 2 aliphatic heterocycles. The van der Waals surface area contributed by atoms with Crippen molar-refractivity contribution in [2.45, 2.75) is 19.3 Å². The summed E-state index contributed by atoms with van der Waals surface area (Å²) in [5.41, 5.74) is 0.760. The molecule has 23 heavy (non-hydrogen) atoms. The summed E-state index contributed by atoms with van der Waals surface area (Å²) >= 11 is 1.70. The zero-order valence-electron chi connectivity index (χ0n) is 13.1. The molecule has 0 aliphatic carbocycles. The predicted octanol–water partition coefficient (Wildman–Crippen LogP) is 2.11. The monoisotopic (exact) mass is 331 g/mol. The molecule has 1 unspecified atom stereocenters. The molecule has 0 saturated carbocycles. The number of hydrogen-bond donors (Lipinski definition) is 1. The third kappa shape index (κ3) is 2.50. The highest BCUT2D eigenvalue weighted by Gasteiger charge is 2.48. The Morgan fingerprint density at radius 2 is 2.13 bits per heavy atom. The zero-order chi connectivity index (χ0) is 15.9. The highest BCUT2D eigenvalue weighted by atomic mass is 32.1. The quantitative estimate of drug-likeness (QED) is 0.936. The Morgan fingerprint density at radius 3 is 2.96 bits per heavy atom. The van der Waals surface area contributed by atoms with Crippen LogP contribution >= 0.6 is 11.3 Å². The van der Waals surface area contributed by atoms with E-state index >= 15 is 0 Å². The van der Waals surface area contributed by atoms with Crippen molar-refractivity contribution in [3.05, 3.63) is 24.3 Å². The number of anilines is 1. The van der Waals surface area contributed by atoms with E-state index in [0.717, 1.165) is 49.5 Å². The summed E-state index contributed by atoms with van der Waals surface area (Å²) in [4.78, 5) is 21.7. The Kier molecular flexibility index (Phi) is 3.73. The summed E-state index contributed by atoms with van der Waals surface area (Å²) in [7, 11) is 0. The fourth-order valence-electron chi connectivity index (χ4n) is 3.90. The minimum absolute atomic E-state index is 0.0450. The molecule has 2 aliphatic rings. The smallest absolute Gasteiger partial charge is 0.230 e. The third-order valence-electron chi connectivity index (χ3n) is 5.10. The lowest BCUT2D eigenvalue weighted by atomic mass is 9.78. The number of thiazole rings is 1. The average Bonchev–Trinajstić information content (AvgIpc) is 3.17. The average molecular weight is 331 g/mol. The number of hydrogen-bond acceptors (Lipinski definition) is 5. The molecule has 2 fully saturated rings. The normalized spacial score (nSPS) is 25.0. The lowest BCUT2D eigenvalue weighted by Gasteiger charge is -2.39. The van der Waals surface area contributed by atoms with Gasteiger partial charge in [0.05, 0.1) is 22.2 Å². The molecule has 2 saturated heterocycles. The number of β-amino-alcohol motifs (C(OH)–C–C–N with tert-alkyl or cyclic N) is 1. The van der Waals surface area contributed by atoms with Gasteiger partial charge in [-0.2, -0.15) is 0 Å². The van der Waals surface area contributed by atoms with Crippen molar-refractivity contribution in [3.63, 3.8) is 0 Å². The van der Waals surface area contributed by atoms with Gasteiger partial charge in [0.25, 0.3) is 0 Å². The number of nitrogens with zero attached hydrogens (tertiary/aromatic N) is 3. The molecular formula is C17H21N3O2S. The highest BCUT2D eigenvalue weighted by Crippen LogP contribution is 2.42. The summed E-state index contributed by atoms with van der Waals surface area (Å²) in [5.74, 6) is 0.224. The first-order valence-electron chi connectivity index (χ1n) is 8.23. The first-order valence-corrected chi connectivity index (χ1v) is 9.04. The van der Waals surface area contributed by atoms with Gasteiger partial charge in [-0.15, -0.1) is 0 Å². The second-order valence-electron chi connectivity index (χ2n) is 6.54. The van der Waals surface area contributed by atoms with Crippen LogP contribution in [0.1, 0.15) is 19.3 Å². The molecule has 6 heteroatoms. The molecule has 5 nitrogen and oxygen atoms in total. The molecule has 0 bridgehead atoms. The topological polar surface area (TPSA) is 56.7 Å². The first-order chi connectivity index (χ1) is 11.2. The van der Waals surface area contributed by atoms with Crippen molar-refractivity contribution in [2.75, 3.05) is 37.7 Å². The maximum atomic E-state index is 12.9. The van der Waals surface area contributed by atoms with E-state index in [1.807, 2.05) is 23.1 Å². The minimum Gasteiger partial charge on any atom is -0.395 e. The number of aliphatic hydroxyl groups is 1. The van der Waals surface area contributed by atoms with E-state index in [0.29, 0.717) is 6.54 Å². The van der Waals surface area contributed by atoms with Gasteiger partial charge in [0, 0.05) is 26.2 Å². The summed E-state index contributed by atoms with van der Waals surface area (Å²) < 4.78 is 1.19. The second kappa shape index (κ2) is 5.76. The van der Waals surface area contributed by atoms with Gasteiger partial charge in [0.2, 0.25) is 5.91 Å². The van der Waals surface area contributed by atoms with Gasteiger partial charge in [-0.1, -0.05) is 23.5 Å². The molecule has 1 aromatic carbocycles. The molecule has 1 N–H and O–H groups in total. The molecular weight excluding hydrogens is 310 g/mol. The Morgan fingerprint density at radius 1 is 1.26 bits per heavy atom. The maximum absolute atomic E-state index is 12.9. The number of amides is 1. The zero-order valence-corrected chi connectivity index (χ0v) is 13.9. The standard InChI is InChI=1S/C17H21N3O2S/c21-11-10-19-8-3-6-17(15(19)22)7-9-20(12-17)16-18-13-4-1-2-5-14(13)23-16/h1-2,4-5,21H,3,6-12H2. The fourth-order valence-corrected chi connectivity index (χ4v) is 4.89. The van der Waals surface area contributed by atoms with Gasteiger partial charge in [-0.25, -0.2) is 4.98 Å². The van der Waals surface area contributed by atoms with Crippen molar-refractivity contribution in [1.29, 1.82) is 0 Å². The van der Waals surface area contributed by atoms with Gasteiger partial charge < -0.3 is 14.9 Å². The molecule has 1 aromatic heterocycles. The van der Waals surface area contributed by atoms with E-state index in [9.17, 15) is 4.79 Å². The maximum Gasteiger partial charge on any atom is 0.230 e. The molecule has 1 amide bonds. The summed E-state index contributed by atoms with van der Waals surface area (Å²) in [6.45, 7) is 2.93. The number of aliphatic hydroxyl groups excluding tert-OH is 1. The minimum atomic E-state index is -0.273. The lowest BCUT2D eigenvalue weighted by Crippen LogP contribution is -2.50. The summed E-state index contributed by atoms with van der Waals surface area (Å²) in [6, 6.07) is 8.18. The predicted molar refractivity (Wildman–Crippen MR) is 91.8 cm³/mol. The Hall–Kier alpha value is -1.66. The Balaban J connectivity index is 1.57. The Bertz CT molecular complexity index is 696. The number of carbonyl (C=O) groups excluding carboxylic acids is 1. The Labute approximate surface area is 139 Å². The molecule has 122 valence electrons. The number of fused-ring (bicyclic) bond motifs is 1. The van der Waals surface area contributed by atoms with Gasteiger partial charge in [-0.3, -0.25) is 4.79 Å². The number of para-hydroxylation sites is 1. The lowest BCUT2D eigenvalue weighted by molar-refractivity contribution is -0.145. The number of likely N-dealkylation sites (tertiary alicyclic amines) is 1. The SMILES string of the molecule is O=C1N(CCO)CCCC12CCN(c1nc3ccccc3s1)C2. The van der Waals surface area contributed by atoms with Gasteiger partial charge >= 0.3 is 0 Å². The van der Waals surface area contributed by atoms with Crippen LogP contribution in [-0.4, -0.2) is 53.7 Å². The molecule has 3 heterocycles. The number of carbonyl (C=O) groups is 1.